The summed E-state index contributed by atoms with van der Waals surface area (Å²) >= 11 is 0. The lowest BCUT2D eigenvalue weighted by Crippen LogP contribution is -2.45. The zero-order chi connectivity index (χ0) is 17.6. The number of fused-ring (bicyclic) bond motifs is 1. The third-order valence-corrected chi connectivity index (χ3v) is 4.63. The fourth-order valence-electron chi connectivity index (χ4n) is 3.32. The van der Waals surface area contributed by atoms with Crippen molar-refractivity contribution in [2.75, 3.05) is 26.7 Å². The summed E-state index contributed by atoms with van der Waals surface area (Å²) < 4.78 is 4.75. The van der Waals surface area contributed by atoms with E-state index < -0.39 is 0 Å². The molecule has 1 fully saturated rings. The van der Waals surface area contributed by atoms with E-state index in [9.17, 15) is 9.59 Å². The molecule has 0 bridgehead atoms. The van der Waals surface area contributed by atoms with Gasteiger partial charge in [0.25, 0.3) is 0 Å². The SMILES string of the molecule is COC(=O)N1CCC[C@H](C(=O)NCCc2cccc3cccnc23)C1. The average Bonchev–Trinajstić information content (AvgIpc) is 2.67. The minimum absolute atomic E-state index is 0.00167. The number of para-hydroxylation sites is 1. The van der Waals surface area contributed by atoms with Crippen molar-refractivity contribution in [3.63, 3.8) is 0 Å². The molecule has 0 unspecified atom stereocenters. The van der Waals surface area contributed by atoms with Crippen LogP contribution in [0.3, 0.4) is 0 Å². The molecule has 2 aromatic rings. The summed E-state index contributed by atoms with van der Waals surface area (Å²) in [7, 11) is 1.37. The van der Waals surface area contributed by atoms with Gasteiger partial charge in [0.05, 0.1) is 18.5 Å². The first-order chi connectivity index (χ1) is 12.2. The number of rotatable bonds is 4. The summed E-state index contributed by atoms with van der Waals surface area (Å²) in [6, 6.07) is 10.0. The highest BCUT2D eigenvalue weighted by atomic mass is 16.5. The van der Waals surface area contributed by atoms with Crippen molar-refractivity contribution in [3.8, 4) is 0 Å². The van der Waals surface area contributed by atoms with Crippen LogP contribution in [-0.4, -0.2) is 48.6 Å². The minimum Gasteiger partial charge on any atom is -0.453 e. The molecule has 6 heteroatoms. The smallest absolute Gasteiger partial charge is 0.409 e. The van der Waals surface area contributed by atoms with Gasteiger partial charge in [0.15, 0.2) is 0 Å². The lowest BCUT2D eigenvalue weighted by atomic mass is 9.97. The van der Waals surface area contributed by atoms with E-state index in [2.05, 4.69) is 10.3 Å². The van der Waals surface area contributed by atoms with Crippen molar-refractivity contribution in [1.82, 2.24) is 15.2 Å². The molecule has 1 aromatic carbocycles. The summed E-state index contributed by atoms with van der Waals surface area (Å²) in [5.74, 6) is -0.166. The number of carbonyl (C=O) groups excluding carboxylic acids is 2. The highest BCUT2D eigenvalue weighted by Crippen LogP contribution is 2.18. The van der Waals surface area contributed by atoms with Gasteiger partial charge in [0.1, 0.15) is 0 Å². The number of ether oxygens (including phenoxy) is 1. The molecule has 1 aliphatic heterocycles. The van der Waals surface area contributed by atoms with E-state index >= 15 is 0 Å². The van der Waals surface area contributed by atoms with Crippen molar-refractivity contribution in [3.05, 3.63) is 42.1 Å². The summed E-state index contributed by atoms with van der Waals surface area (Å²) in [6.45, 7) is 1.63. The molecule has 1 N–H and O–H groups in total. The standard InChI is InChI=1S/C19H23N3O3/c1-25-19(24)22-12-4-8-16(13-22)18(23)21-11-9-15-6-2-5-14-7-3-10-20-17(14)15/h2-3,5-7,10,16H,4,8-9,11-13H2,1H3,(H,21,23)/t16-/m0/s1. The van der Waals surface area contributed by atoms with E-state index in [-0.39, 0.29) is 17.9 Å². The van der Waals surface area contributed by atoms with Crippen LogP contribution in [-0.2, 0) is 16.0 Å². The van der Waals surface area contributed by atoms with Gasteiger partial charge in [-0.15, -0.1) is 0 Å². The second kappa shape index (κ2) is 7.96. The van der Waals surface area contributed by atoms with E-state index in [1.54, 1.807) is 11.1 Å². The lowest BCUT2D eigenvalue weighted by molar-refractivity contribution is -0.126. The molecule has 0 saturated carbocycles. The van der Waals surface area contributed by atoms with Crippen molar-refractivity contribution in [2.24, 2.45) is 5.92 Å². The Bertz CT molecular complexity index is 757. The van der Waals surface area contributed by atoms with Crippen molar-refractivity contribution in [1.29, 1.82) is 0 Å². The van der Waals surface area contributed by atoms with Crippen molar-refractivity contribution < 1.29 is 14.3 Å². The molecule has 1 atom stereocenters. The fourth-order valence-corrected chi connectivity index (χ4v) is 3.32. The van der Waals surface area contributed by atoms with Gasteiger partial charge in [-0.1, -0.05) is 24.3 Å². The number of hydrogen-bond donors (Lipinski definition) is 1. The first kappa shape index (κ1) is 17.2. The highest BCUT2D eigenvalue weighted by molar-refractivity contribution is 5.82. The topological polar surface area (TPSA) is 71.5 Å². The quantitative estimate of drug-likeness (QED) is 0.927. The predicted octanol–water partition coefficient (Wildman–Crippen LogP) is 2.37. The maximum atomic E-state index is 12.4. The highest BCUT2D eigenvalue weighted by Gasteiger charge is 2.28. The second-order valence-electron chi connectivity index (χ2n) is 6.29. The number of nitrogens with one attached hydrogen (secondary N) is 1. The largest absolute Gasteiger partial charge is 0.453 e. The number of aromatic nitrogens is 1. The number of pyridine rings is 1. The number of amides is 2. The molecule has 2 heterocycles. The molecular weight excluding hydrogens is 318 g/mol. The number of likely N-dealkylation sites (tertiary alicyclic amines) is 1. The Morgan fingerprint density at radius 2 is 2.16 bits per heavy atom. The Labute approximate surface area is 147 Å². The molecular formula is C19H23N3O3. The number of carbonyl (C=O) groups is 2. The van der Waals surface area contributed by atoms with Crippen LogP contribution in [0.25, 0.3) is 10.9 Å². The predicted molar refractivity (Wildman–Crippen MR) is 95.2 cm³/mol. The van der Waals surface area contributed by atoms with Gasteiger partial charge in [-0.2, -0.15) is 0 Å². The number of nitrogens with zero attached hydrogens (tertiary/aromatic N) is 2. The summed E-state index contributed by atoms with van der Waals surface area (Å²) in [5, 5.41) is 4.10. The monoisotopic (exact) mass is 341 g/mol. The van der Waals surface area contributed by atoms with E-state index in [1.165, 1.54) is 7.11 Å². The third-order valence-electron chi connectivity index (χ3n) is 4.63. The van der Waals surface area contributed by atoms with Gasteiger partial charge in [-0.25, -0.2) is 4.79 Å². The molecule has 0 radical (unpaired) electrons. The Morgan fingerprint density at radius 3 is 3.00 bits per heavy atom. The molecule has 25 heavy (non-hydrogen) atoms. The molecule has 132 valence electrons. The van der Waals surface area contributed by atoms with Crippen LogP contribution in [0, 0.1) is 5.92 Å². The van der Waals surface area contributed by atoms with Crippen LogP contribution in [0.4, 0.5) is 4.79 Å². The molecule has 0 aliphatic carbocycles. The maximum Gasteiger partial charge on any atom is 0.409 e. The van der Waals surface area contributed by atoms with E-state index in [4.69, 9.17) is 4.74 Å². The van der Waals surface area contributed by atoms with E-state index in [1.807, 2.05) is 30.3 Å². The van der Waals surface area contributed by atoms with Crippen LogP contribution in [0.15, 0.2) is 36.5 Å². The molecule has 6 nitrogen and oxygen atoms in total. The summed E-state index contributed by atoms with van der Waals surface area (Å²) in [4.78, 5) is 30.1. The first-order valence-corrected chi connectivity index (χ1v) is 8.62. The number of hydrogen-bond acceptors (Lipinski definition) is 4. The molecule has 3 rings (SSSR count). The number of benzene rings is 1. The Morgan fingerprint density at radius 1 is 1.32 bits per heavy atom. The van der Waals surface area contributed by atoms with Crippen LogP contribution in [0.2, 0.25) is 0 Å². The summed E-state index contributed by atoms with van der Waals surface area (Å²) in [6.07, 6.45) is 3.77. The third kappa shape index (κ3) is 4.07. The molecule has 1 aliphatic rings. The van der Waals surface area contributed by atoms with Gasteiger partial charge in [-0.05, 0) is 30.9 Å². The minimum atomic E-state index is -0.362. The Kier molecular flexibility index (Phi) is 5.48. The van der Waals surface area contributed by atoms with Gasteiger partial charge < -0.3 is 15.0 Å². The Hall–Kier alpha value is -2.63. The summed E-state index contributed by atoms with van der Waals surface area (Å²) in [5.41, 5.74) is 2.10. The van der Waals surface area contributed by atoms with Gasteiger partial charge in [-0.3, -0.25) is 9.78 Å². The van der Waals surface area contributed by atoms with E-state index in [0.29, 0.717) is 19.6 Å². The molecule has 1 aromatic heterocycles. The average molecular weight is 341 g/mol. The molecule has 1 saturated heterocycles. The maximum absolute atomic E-state index is 12.4. The number of piperidine rings is 1. The lowest BCUT2D eigenvalue weighted by Gasteiger charge is -2.30. The van der Waals surface area contributed by atoms with Gasteiger partial charge in [0, 0.05) is 31.2 Å². The number of methoxy groups -OCH3 is 1. The van der Waals surface area contributed by atoms with Gasteiger partial charge >= 0.3 is 6.09 Å². The Balaban J connectivity index is 1.54. The zero-order valence-electron chi connectivity index (χ0n) is 14.4. The van der Waals surface area contributed by atoms with Crippen molar-refractivity contribution >= 4 is 22.9 Å². The van der Waals surface area contributed by atoms with E-state index in [0.717, 1.165) is 35.7 Å². The van der Waals surface area contributed by atoms with Crippen molar-refractivity contribution in [2.45, 2.75) is 19.3 Å². The molecule has 0 spiro atoms. The molecule has 2 amide bonds. The fraction of sp³-hybridized carbons (Fsp3) is 0.421. The van der Waals surface area contributed by atoms with Crippen LogP contribution < -0.4 is 5.32 Å². The van der Waals surface area contributed by atoms with Crippen LogP contribution in [0.1, 0.15) is 18.4 Å². The second-order valence-corrected chi connectivity index (χ2v) is 6.29. The zero-order valence-corrected chi connectivity index (χ0v) is 14.4. The van der Waals surface area contributed by atoms with Gasteiger partial charge in [0.2, 0.25) is 5.91 Å². The first-order valence-electron chi connectivity index (χ1n) is 8.62. The normalized spacial score (nSPS) is 17.3. The van der Waals surface area contributed by atoms with Crippen LogP contribution >= 0.6 is 0 Å². The van der Waals surface area contributed by atoms with Crippen LogP contribution in [0.5, 0.6) is 0 Å².